The van der Waals surface area contributed by atoms with E-state index >= 15 is 0 Å². The van der Waals surface area contributed by atoms with Crippen LogP contribution in [-0.2, 0) is 21.1 Å². The first-order valence-electron chi connectivity index (χ1n) is 12.7. The molecule has 0 atom stereocenters. The van der Waals surface area contributed by atoms with Crippen LogP contribution in [0.2, 0.25) is 0 Å². The van der Waals surface area contributed by atoms with Crippen molar-refractivity contribution in [1.82, 2.24) is 14.6 Å². The zero-order chi connectivity index (χ0) is 29.9. The zero-order valence-electron chi connectivity index (χ0n) is 22.1. The first kappa shape index (κ1) is 28.6. The van der Waals surface area contributed by atoms with Gasteiger partial charge in [0.15, 0.2) is 21.2 Å². The first-order chi connectivity index (χ1) is 20.1. The predicted octanol–water partition coefficient (Wildman–Crippen LogP) is 5.86. The highest BCUT2D eigenvalue weighted by atomic mass is 32.2. The lowest BCUT2D eigenvalue weighted by molar-refractivity contribution is -0.115. The second-order valence-corrected chi connectivity index (χ2v) is 11.4. The number of pyridine rings is 1. The van der Waals surface area contributed by atoms with Gasteiger partial charge in [0.2, 0.25) is 11.9 Å². The number of nitrogens with one attached hydrogen (secondary N) is 2. The Kier molecular flexibility index (Phi) is 8.11. The third-order valence-electron chi connectivity index (χ3n) is 6.27. The summed E-state index contributed by atoms with van der Waals surface area (Å²) in [6.07, 6.45) is 1.84. The van der Waals surface area contributed by atoms with E-state index in [1.54, 1.807) is 36.5 Å². The number of hydrogen-bond acceptors (Lipinski definition) is 7. The lowest BCUT2D eigenvalue weighted by atomic mass is 10.1. The van der Waals surface area contributed by atoms with Gasteiger partial charge in [-0.05, 0) is 59.7 Å². The summed E-state index contributed by atoms with van der Waals surface area (Å²) in [6.45, 7) is -1.72. The maximum atomic E-state index is 13.1. The van der Waals surface area contributed by atoms with Crippen LogP contribution in [0.4, 0.5) is 30.5 Å². The molecule has 9 nitrogen and oxygen atoms in total. The number of carbonyl (C=O) groups is 1. The SMILES string of the molecule is CCS(=O)(=O)c1ccc(Nc2nc3ccc(-c4ccc(NC(=O)Cc5ccc(F)cc5)cc4)cn3n2)c(OC(F)F)c1. The number of amides is 1. The average molecular weight is 596 g/mol. The van der Waals surface area contributed by atoms with Gasteiger partial charge < -0.3 is 15.4 Å². The molecule has 0 radical (unpaired) electrons. The number of hydrogen-bond donors (Lipinski definition) is 2. The zero-order valence-corrected chi connectivity index (χ0v) is 22.9. The van der Waals surface area contributed by atoms with Crippen LogP contribution in [-0.4, -0.2) is 41.3 Å². The molecule has 0 fully saturated rings. The molecule has 0 aliphatic rings. The number of nitrogens with zero attached hydrogens (tertiary/aromatic N) is 3. The summed E-state index contributed by atoms with van der Waals surface area (Å²) in [6, 6.07) is 20.1. The highest BCUT2D eigenvalue weighted by molar-refractivity contribution is 7.91. The smallest absolute Gasteiger partial charge is 0.387 e. The van der Waals surface area contributed by atoms with Crippen molar-refractivity contribution in [3.8, 4) is 16.9 Å². The Morgan fingerprint density at radius 3 is 2.38 bits per heavy atom. The van der Waals surface area contributed by atoms with Crippen molar-refractivity contribution in [1.29, 1.82) is 0 Å². The van der Waals surface area contributed by atoms with Gasteiger partial charge in [-0.25, -0.2) is 17.3 Å². The summed E-state index contributed by atoms with van der Waals surface area (Å²) in [4.78, 5) is 16.6. The first-order valence-corrected chi connectivity index (χ1v) is 14.3. The molecule has 3 aromatic carbocycles. The fraction of sp³-hybridized carbons (Fsp3) is 0.138. The second kappa shape index (κ2) is 11.9. The minimum absolute atomic E-state index is 0.0681. The molecule has 0 spiro atoms. The van der Waals surface area contributed by atoms with Gasteiger partial charge in [0, 0.05) is 23.5 Å². The highest BCUT2D eigenvalue weighted by Crippen LogP contribution is 2.32. The summed E-state index contributed by atoms with van der Waals surface area (Å²) >= 11 is 0. The Morgan fingerprint density at radius 2 is 1.69 bits per heavy atom. The molecular weight excluding hydrogens is 571 g/mol. The van der Waals surface area contributed by atoms with Gasteiger partial charge in [-0.15, -0.1) is 5.10 Å². The minimum Gasteiger partial charge on any atom is -0.433 e. The van der Waals surface area contributed by atoms with Crippen molar-refractivity contribution >= 4 is 38.7 Å². The van der Waals surface area contributed by atoms with Gasteiger partial charge in [0.05, 0.1) is 22.8 Å². The molecule has 13 heteroatoms. The van der Waals surface area contributed by atoms with E-state index in [9.17, 15) is 26.4 Å². The van der Waals surface area contributed by atoms with E-state index in [1.807, 2.05) is 18.2 Å². The normalized spacial score (nSPS) is 11.5. The number of fused-ring (bicyclic) bond motifs is 1. The molecule has 2 heterocycles. The lowest BCUT2D eigenvalue weighted by Gasteiger charge is -2.12. The van der Waals surface area contributed by atoms with Gasteiger partial charge in [0.25, 0.3) is 0 Å². The van der Waals surface area contributed by atoms with Gasteiger partial charge >= 0.3 is 6.61 Å². The van der Waals surface area contributed by atoms with E-state index in [4.69, 9.17) is 0 Å². The minimum atomic E-state index is -3.64. The number of sulfone groups is 1. The topological polar surface area (TPSA) is 115 Å². The predicted molar refractivity (Wildman–Crippen MR) is 151 cm³/mol. The van der Waals surface area contributed by atoms with Crippen molar-refractivity contribution < 1.29 is 31.1 Å². The van der Waals surface area contributed by atoms with E-state index in [1.165, 1.54) is 35.7 Å². The highest BCUT2D eigenvalue weighted by Gasteiger charge is 2.18. The standard InChI is InChI=1S/C29H24F3N5O4S/c1-2-42(39,40)23-12-13-24(25(16-23)41-28(31)32)34-29-35-26-14-7-20(17-37(26)36-29)19-5-10-22(11-6-19)33-27(38)15-18-3-8-21(30)9-4-18/h3-14,16-17,28H,2,15H2,1H3,(H,33,38)(H,34,36). The summed E-state index contributed by atoms with van der Waals surface area (Å²) < 4.78 is 69.6. The Bertz CT molecular complexity index is 1840. The van der Waals surface area contributed by atoms with Crippen LogP contribution in [0.1, 0.15) is 12.5 Å². The quantitative estimate of drug-likeness (QED) is 0.208. The molecule has 0 saturated carbocycles. The Morgan fingerprint density at radius 1 is 0.976 bits per heavy atom. The molecule has 0 unspecified atom stereocenters. The van der Waals surface area contributed by atoms with E-state index < -0.39 is 16.4 Å². The number of aromatic nitrogens is 3. The molecule has 5 aromatic rings. The fourth-order valence-electron chi connectivity index (χ4n) is 4.13. The summed E-state index contributed by atoms with van der Waals surface area (Å²) in [7, 11) is -3.64. The summed E-state index contributed by atoms with van der Waals surface area (Å²) in [5, 5.41) is 9.98. The number of rotatable bonds is 10. The number of ether oxygens (including phenoxy) is 1. The van der Waals surface area contributed by atoms with Gasteiger partial charge in [0.1, 0.15) is 5.82 Å². The molecule has 1 amide bonds. The Labute approximate surface area is 238 Å². The molecule has 2 aromatic heterocycles. The van der Waals surface area contributed by atoms with E-state index in [-0.39, 0.29) is 46.2 Å². The Balaban J connectivity index is 1.31. The van der Waals surface area contributed by atoms with Crippen LogP contribution in [0, 0.1) is 5.82 Å². The molecule has 2 N–H and O–H groups in total. The van der Waals surface area contributed by atoms with Crippen molar-refractivity contribution in [2.24, 2.45) is 0 Å². The maximum absolute atomic E-state index is 13.1. The van der Waals surface area contributed by atoms with Crippen LogP contribution in [0.5, 0.6) is 5.75 Å². The molecule has 0 aliphatic heterocycles. The second-order valence-electron chi connectivity index (χ2n) is 9.15. The van der Waals surface area contributed by atoms with Crippen molar-refractivity contribution in [3.63, 3.8) is 0 Å². The van der Waals surface area contributed by atoms with Crippen molar-refractivity contribution in [2.45, 2.75) is 24.9 Å². The molecule has 0 saturated heterocycles. The number of carbonyl (C=O) groups excluding carboxylic acids is 1. The van der Waals surface area contributed by atoms with Gasteiger partial charge in [-0.3, -0.25) is 4.79 Å². The maximum Gasteiger partial charge on any atom is 0.387 e. The third kappa shape index (κ3) is 6.69. The molecule has 0 aliphatic carbocycles. The number of halogens is 3. The van der Waals surface area contributed by atoms with E-state index in [2.05, 4.69) is 25.5 Å². The molecular formula is C29H24F3N5O4S. The van der Waals surface area contributed by atoms with Crippen molar-refractivity contribution in [3.05, 3.63) is 96.4 Å². The molecule has 42 heavy (non-hydrogen) atoms. The average Bonchev–Trinajstić information content (AvgIpc) is 3.37. The fourth-order valence-corrected chi connectivity index (χ4v) is 5.02. The third-order valence-corrected chi connectivity index (χ3v) is 8.00. The summed E-state index contributed by atoms with van der Waals surface area (Å²) in [5.41, 5.74) is 3.45. The molecule has 216 valence electrons. The summed E-state index contributed by atoms with van der Waals surface area (Å²) in [5.74, 6) is -1.07. The lowest BCUT2D eigenvalue weighted by Crippen LogP contribution is -2.14. The Hall–Kier alpha value is -4.91. The van der Waals surface area contributed by atoms with E-state index in [0.717, 1.165) is 17.2 Å². The van der Waals surface area contributed by atoms with Crippen LogP contribution in [0.3, 0.4) is 0 Å². The molecule has 0 bridgehead atoms. The van der Waals surface area contributed by atoms with Crippen LogP contribution in [0.15, 0.2) is 90.0 Å². The van der Waals surface area contributed by atoms with Crippen LogP contribution in [0.25, 0.3) is 16.8 Å². The van der Waals surface area contributed by atoms with E-state index in [0.29, 0.717) is 16.9 Å². The van der Waals surface area contributed by atoms with Crippen LogP contribution >= 0.6 is 0 Å². The monoisotopic (exact) mass is 595 g/mol. The van der Waals surface area contributed by atoms with Gasteiger partial charge in [-0.1, -0.05) is 31.2 Å². The number of benzene rings is 3. The van der Waals surface area contributed by atoms with Crippen LogP contribution < -0.4 is 15.4 Å². The largest absolute Gasteiger partial charge is 0.433 e. The molecule has 5 rings (SSSR count). The van der Waals surface area contributed by atoms with Gasteiger partial charge in [-0.2, -0.15) is 13.8 Å². The number of alkyl halides is 2. The number of anilines is 3. The van der Waals surface area contributed by atoms with Crippen molar-refractivity contribution in [2.75, 3.05) is 16.4 Å².